The molecule has 0 saturated carbocycles. The maximum absolute atomic E-state index is 3.34. The highest BCUT2D eigenvalue weighted by molar-refractivity contribution is 5.85. The van der Waals surface area contributed by atoms with E-state index in [4.69, 9.17) is 0 Å². The lowest BCUT2D eigenvalue weighted by Crippen LogP contribution is -1.98. The summed E-state index contributed by atoms with van der Waals surface area (Å²) in [5.41, 5.74) is 2.42. The molecule has 0 heterocycles. The number of rotatable bonds is 3. The van der Waals surface area contributed by atoms with Crippen molar-refractivity contribution in [3.63, 3.8) is 0 Å². The summed E-state index contributed by atoms with van der Waals surface area (Å²) in [6, 6.07) is 21.2. The molecule has 0 unspecified atom stereocenters. The van der Waals surface area contributed by atoms with Crippen LogP contribution in [0.3, 0.4) is 0 Å². The molecule has 0 saturated heterocycles. The van der Waals surface area contributed by atoms with Gasteiger partial charge in [0.1, 0.15) is 0 Å². The molecule has 1 N–H and O–H groups in total. The molecular weight excluding hydrogens is 206 g/mol. The van der Waals surface area contributed by atoms with E-state index in [1.807, 2.05) is 30.3 Å². The first-order chi connectivity index (χ1) is 6.95. The van der Waals surface area contributed by atoms with Gasteiger partial charge in [-0.2, -0.15) is 0 Å². The van der Waals surface area contributed by atoms with Gasteiger partial charge in [0.25, 0.3) is 0 Å². The summed E-state index contributed by atoms with van der Waals surface area (Å²) in [5, 5.41) is 3.34. The van der Waals surface area contributed by atoms with Gasteiger partial charge in [-0.25, -0.2) is 0 Å². The van der Waals surface area contributed by atoms with Crippen LogP contribution in [0.25, 0.3) is 0 Å². The fraction of sp³-hybridized carbons (Fsp3) is 0.0769. The second kappa shape index (κ2) is 6.10. The molecule has 0 aliphatic carbocycles. The maximum Gasteiger partial charge on any atom is 0.0400 e. The number of anilines is 1. The summed E-state index contributed by atoms with van der Waals surface area (Å²) in [5.74, 6) is 0. The van der Waals surface area contributed by atoms with E-state index in [0.717, 1.165) is 12.2 Å². The molecule has 0 aromatic heterocycles. The second-order valence-corrected chi connectivity index (χ2v) is 3.13. The van der Waals surface area contributed by atoms with E-state index in [0.29, 0.717) is 0 Å². The van der Waals surface area contributed by atoms with Gasteiger partial charge in [-0.3, -0.25) is 0 Å². The standard InChI is InChI=1S/C13H12N.ClH/c1-3-7-12(8-4-1)11-14-13-9-5-2-6-10-13;/h1,3-10,14H,11H2;1H. The van der Waals surface area contributed by atoms with Gasteiger partial charge in [-0.15, -0.1) is 12.4 Å². The molecule has 0 spiro atoms. The molecule has 0 fully saturated rings. The topological polar surface area (TPSA) is 12.0 Å². The van der Waals surface area contributed by atoms with E-state index in [2.05, 4.69) is 35.6 Å². The Hall–Kier alpha value is -1.47. The Morgan fingerprint density at radius 2 is 1.60 bits per heavy atom. The third-order valence-corrected chi connectivity index (χ3v) is 2.06. The van der Waals surface area contributed by atoms with Crippen LogP contribution >= 0.6 is 12.4 Å². The summed E-state index contributed by atoms with van der Waals surface area (Å²) in [6.45, 7) is 0.866. The first kappa shape index (κ1) is 11.6. The molecular formula is C13H13ClN. The molecule has 0 aliphatic heterocycles. The van der Waals surface area contributed by atoms with Crippen molar-refractivity contribution in [2.24, 2.45) is 0 Å². The van der Waals surface area contributed by atoms with Crippen molar-refractivity contribution >= 4 is 18.1 Å². The minimum Gasteiger partial charge on any atom is -0.381 e. The zero-order valence-corrected chi connectivity index (χ0v) is 9.13. The van der Waals surface area contributed by atoms with Gasteiger partial charge >= 0.3 is 0 Å². The predicted molar refractivity (Wildman–Crippen MR) is 66.3 cm³/mol. The second-order valence-electron chi connectivity index (χ2n) is 3.13. The molecule has 1 nitrogen and oxygen atoms in total. The zero-order chi connectivity index (χ0) is 9.64. The van der Waals surface area contributed by atoms with Gasteiger partial charge in [-0.05, 0) is 23.8 Å². The number of hydrogen-bond acceptors (Lipinski definition) is 1. The van der Waals surface area contributed by atoms with E-state index < -0.39 is 0 Å². The summed E-state index contributed by atoms with van der Waals surface area (Å²) in [4.78, 5) is 0. The highest BCUT2D eigenvalue weighted by Crippen LogP contribution is 2.07. The van der Waals surface area contributed by atoms with Crippen LogP contribution < -0.4 is 5.32 Å². The Bertz CT molecular complexity index is 333. The van der Waals surface area contributed by atoms with Gasteiger partial charge in [0.05, 0.1) is 0 Å². The third-order valence-electron chi connectivity index (χ3n) is 2.06. The molecule has 2 rings (SSSR count). The monoisotopic (exact) mass is 218 g/mol. The van der Waals surface area contributed by atoms with Crippen LogP contribution in [0.4, 0.5) is 5.69 Å². The molecule has 0 atom stereocenters. The smallest absolute Gasteiger partial charge is 0.0400 e. The SMILES string of the molecule is Cl.[c]1ccc(NCc2ccccc2)cc1. The van der Waals surface area contributed by atoms with E-state index in [9.17, 15) is 0 Å². The first-order valence-electron chi connectivity index (χ1n) is 4.69. The van der Waals surface area contributed by atoms with Gasteiger partial charge in [-0.1, -0.05) is 42.5 Å². The Morgan fingerprint density at radius 3 is 2.27 bits per heavy atom. The van der Waals surface area contributed by atoms with Crippen LogP contribution in [0.1, 0.15) is 5.56 Å². The molecule has 2 aromatic carbocycles. The van der Waals surface area contributed by atoms with Gasteiger partial charge in [0, 0.05) is 12.2 Å². The van der Waals surface area contributed by atoms with Crippen molar-refractivity contribution in [1.82, 2.24) is 0 Å². The quantitative estimate of drug-likeness (QED) is 0.831. The number of halogens is 1. The van der Waals surface area contributed by atoms with Gasteiger partial charge in [0.15, 0.2) is 0 Å². The molecule has 0 amide bonds. The predicted octanol–water partition coefficient (Wildman–Crippen LogP) is 3.52. The van der Waals surface area contributed by atoms with Gasteiger partial charge < -0.3 is 5.32 Å². The summed E-state index contributed by atoms with van der Waals surface area (Å²) < 4.78 is 0. The largest absolute Gasteiger partial charge is 0.381 e. The van der Waals surface area contributed by atoms with Crippen LogP contribution in [-0.2, 0) is 6.54 Å². The van der Waals surface area contributed by atoms with Gasteiger partial charge in [0.2, 0.25) is 0 Å². The van der Waals surface area contributed by atoms with E-state index >= 15 is 0 Å². The lowest BCUT2D eigenvalue weighted by atomic mass is 10.2. The third kappa shape index (κ3) is 3.64. The van der Waals surface area contributed by atoms with Crippen molar-refractivity contribution in [1.29, 1.82) is 0 Å². The van der Waals surface area contributed by atoms with Crippen LogP contribution in [0, 0.1) is 6.07 Å². The summed E-state index contributed by atoms with van der Waals surface area (Å²) >= 11 is 0. The normalized spacial score (nSPS) is 9.07. The minimum atomic E-state index is 0. The number of hydrogen-bond donors (Lipinski definition) is 1. The first-order valence-corrected chi connectivity index (χ1v) is 4.69. The lowest BCUT2D eigenvalue weighted by Gasteiger charge is -2.05. The molecule has 0 aliphatic rings. The van der Waals surface area contributed by atoms with Crippen molar-refractivity contribution < 1.29 is 0 Å². The summed E-state index contributed by atoms with van der Waals surface area (Å²) in [7, 11) is 0. The molecule has 1 radical (unpaired) electrons. The zero-order valence-electron chi connectivity index (χ0n) is 8.31. The van der Waals surface area contributed by atoms with Crippen molar-refractivity contribution in [2.45, 2.75) is 6.54 Å². The molecule has 2 aromatic rings. The Labute approximate surface area is 96.6 Å². The Morgan fingerprint density at radius 1 is 0.933 bits per heavy atom. The Kier molecular flexibility index (Phi) is 4.72. The summed E-state index contributed by atoms with van der Waals surface area (Å²) in [6.07, 6.45) is 0. The number of nitrogens with one attached hydrogen (secondary N) is 1. The molecule has 0 bridgehead atoms. The highest BCUT2D eigenvalue weighted by atomic mass is 35.5. The van der Waals surface area contributed by atoms with Crippen LogP contribution in [0.5, 0.6) is 0 Å². The Balaban J connectivity index is 0.00000112. The molecule has 15 heavy (non-hydrogen) atoms. The van der Waals surface area contributed by atoms with Crippen molar-refractivity contribution in [3.05, 3.63) is 66.2 Å². The van der Waals surface area contributed by atoms with E-state index in [1.165, 1.54) is 5.56 Å². The van der Waals surface area contributed by atoms with Crippen LogP contribution in [0.2, 0.25) is 0 Å². The van der Waals surface area contributed by atoms with Crippen molar-refractivity contribution in [2.75, 3.05) is 5.32 Å². The molecule has 2 heteroatoms. The van der Waals surface area contributed by atoms with E-state index in [-0.39, 0.29) is 12.4 Å². The van der Waals surface area contributed by atoms with Crippen molar-refractivity contribution in [3.8, 4) is 0 Å². The van der Waals surface area contributed by atoms with Crippen LogP contribution in [-0.4, -0.2) is 0 Å². The molecule has 77 valence electrons. The average Bonchev–Trinajstić information content (AvgIpc) is 2.29. The lowest BCUT2D eigenvalue weighted by molar-refractivity contribution is 1.15. The highest BCUT2D eigenvalue weighted by Gasteiger charge is 1.90. The number of benzene rings is 2. The maximum atomic E-state index is 3.34. The van der Waals surface area contributed by atoms with E-state index in [1.54, 1.807) is 0 Å². The van der Waals surface area contributed by atoms with Crippen LogP contribution in [0.15, 0.2) is 54.6 Å². The fourth-order valence-corrected chi connectivity index (χ4v) is 1.30. The fourth-order valence-electron chi connectivity index (χ4n) is 1.30. The average molecular weight is 219 g/mol. The minimum absolute atomic E-state index is 0.